The number of amides is 2. The van der Waals surface area contributed by atoms with E-state index in [4.69, 9.17) is 4.98 Å². The molecule has 0 spiro atoms. The number of aryl methyl sites for hydroxylation is 1. The maximum Gasteiger partial charge on any atom is 0.257 e. The van der Waals surface area contributed by atoms with Crippen molar-refractivity contribution in [2.75, 3.05) is 38.0 Å². The molecule has 2 aromatic rings. The average Bonchev–Trinajstić information content (AvgIpc) is 3.27. The molecule has 9 heteroatoms. The lowest BCUT2D eigenvalue weighted by molar-refractivity contribution is -0.117. The van der Waals surface area contributed by atoms with E-state index < -0.39 is 0 Å². The minimum Gasteiger partial charge on any atom is -0.339 e. The van der Waals surface area contributed by atoms with Crippen LogP contribution in [0.4, 0.5) is 5.13 Å². The lowest BCUT2D eigenvalue weighted by Crippen LogP contribution is -2.40. The third kappa shape index (κ3) is 5.02. The normalized spacial score (nSPS) is 20.2. The van der Waals surface area contributed by atoms with Crippen molar-refractivity contribution in [3.05, 3.63) is 34.9 Å². The molecule has 2 aliphatic rings. The van der Waals surface area contributed by atoms with Gasteiger partial charge in [-0.25, -0.2) is 15.0 Å². The Morgan fingerprint density at radius 2 is 2.00 bits per heavy atom. The predicted octanol–water partition coefficient (Wildman–Crippen LogP) is 2.69. The van der Waals surface area contributed by atoms with Crippen molar-refractivity contribution in [2.24, 2.45) is 0 Å². The standard InChI is InChI=1S/C21H28N6O2S/c1-15-17(20(29)27-9-3-2-4-10-27)12-23-19(24-15)16-6-5-8-26(13-16)14-18(28)25-21-22-7-11-30-21/h7,11-12,16H,2-6,8-10,13-14H2,1H3,(H,22,25,28)/t16-/m0/s1. The van der Waals surface area contributed by atoms with E-state index in [2.05, 4.69) is 20.2 Å². The Bertz CT molecular complexity index is 882. The summed E-state index contributed by atoms with van der Waals surface area (Å²) < 4.78 is 0. The van der Waals surface area contributed by atoms with E-state index in [9.17, 15) is 9.59 Å². The molecule has 2 fully saturated rings. The number of aromatic nitrogens is 3. The number of nitrogens with zero attached hydrogens (tertiary/aromatic N) is 5. The monoisotopic (exact) mass is 428 g/mol. The SMILES string of the molecule is Cc1nc([C@H]2CCCN(CC(=O)Nc3nccs3)C2)ncc1C(=O)N1CCCCC1. The smallest absolute Gasteiger partial charge is 0.257 e. The summed E-state index contributed by atoms with van der Waals surface area (Å²) in [6.45, 7) is 5.49. The van der Waals surface area contributed by atoms with Gasteiger partial charge in [0.2, 0.25) is 5.91 Å². The van der Waals surface area contributed by atoms with Gasteiger partial charge in [0.15, 0.2) is 5.13 Å². The molecule has 1 N–H and O–H groups in total. The van der Waals surface area contributed by atoms with Crippen LogP contribution in [-0.4, -0.2) is 69.3 Å². The fraction of sp³-hybridized carbons (Fsp3) is 0.571. The zero-order valence-corrected chi connectivity index (χ0v) is 18.2. The third-order valence-corrected chi connectivity index (χ3v) is 6.48. The first kappa shape index (κ1) is 20.9. The van der Waals surface area contributed by atoms with Crippen LogP contribution in [0.5, 0.6) is 0 Å². The van der Waals surface area contributed by atoms with Crippen molar-refractivity contribution in [2.45, 2.75) is 44.9 Å². The first-order chi connectivity index (χ1) is 14.6. The minimum atomic E-state index is -0.0508. The number of rotatable bonds is 5. The van der Waals surface area contributed by atoms with Gasteiger partial charge < -0.3 is 10.2 Å². The largest absolute Gasteiger partial charge is 0.339 e. The number of thiazole rings is 1. The molecule has 0 saturated carbocycles. The molecule has 0 radical (unpaired) electrons. The highest BCUT2D eigenvalue weighted by atomic mass is 32.1. The van der Waals surface area contributed by atoms with Gasteiger partial charge in [-0.3, -0.25) is 14.5 Å². The molecule has 2 saturated heterocycles. The van der Waals surface area contributed by atoms with Gasteiger partial charge in [0.25, 0.3) is 5.91 Å². The summed E-state index contributed by atoms with van der Waals surface area (Å²) in [4.78, 5) is 42.5. The summed E-state index contributed by atoms with van der Waals surface area (Å²) >= 11 is 1.41. The van der Waals surface area contributed by atoms with E-state index in [1.807, 2.05) is 17.2 Å². The molecule has 4 rings (SSSR count). The lowest BCUT2D eigenvalue weighted by atomic mass is 9.97. The van der Waals surface area contributed by atoms with Crippen LogP contribution in [-0.2, 0) is 4.79 Å². The van der Waals surface area contributed by atoms with Gasteiger partial charge in [-0.2, -0.15) is 0 Å². The molecule has 2 amide bonds. The van der Waals surface area contributed by atoms with Gasteiger partial charge >= 0.3 is 0 Å². The van der Waals surface area contributed by atoms with Gasteiger partial charge in [-0.1, -0.05) is 0 Å². The molecule has 8 nitrogen and oxygen atoms in total. The van der Waals surface area contributed by atoms with Crippen LogP contribution in [0.3, 0.4) is 0 Å². The second-order valence-corrected chi connectivity index (χ2v) is 8.93. The summed E-state index contributed by atoms with van der Waals surface area (Å²) in [5.74, 6) is 0.935. The summed E-state index contributed by atoms with van der Waals surface area (Å²) in [6.07, 6.45) is 8.68. The highest BCUT2D eigenvalue weighted by molar-refractivity contribution is 7.13. The Labute approximate surface area is 180 Å². The summed E-state index contributed by atoms with van der Waals surface area (Å²) in [7, 11) is 0. The van der Waals surface area contributed by atoms with Crippen LogP contribution < -0.4 is 5.32 Å². The minimum absolute atomic E-state index is 0.0443. The van der Waals surface area contributed by atoms with Crippen LogP contribution in [0.2, 0.25) is 0 Å². The Balaban J connectivity index is 1.37. The van der Waals surface area contributed by atoms with Crippen LogP contribution in [0.25, 0.3) is 0 Å². The van der Waals surface area contributed by atoms with Crippen molar-refractivity contribution < 1.29 is 9.59 Å². The van der Waals surface area contributed by atoms with E-state index in [1.54, 1.807) is 12.4 Å². The first-order valence-electron chi connectivity index (χ1n) is 10.6. The quantitative estimate of drug-likeness (QED) is 0.787. The molecule has 0 aromatic carbocycles. The van der Waals surface area contributed by atoms with Crippen molar-refractivity contribution in [3.8, 4) is 0 Å². The van der Waals surface area contributed by atoms with Gasteiger partial charge in [0.05, 0.1) is 17.8 Å². The van der Waals surface area contributed by atoms with Gasteiger partial charge in [-0.05, 0) is 45.6 Å². The highest BCUT2D eigenvalue weighted by Gasteiger charge is 2.27. The molecular formula is C21H28N6O2S. The topological polar surface area (TPSA) is 91.3 Å². The van der Waals surface area contributed by atoms with Crippen LogP contribution >= 0.6 is 11.3 Å². The second-order valence-electron chi connectivity index (χ2n) is 8.04. The Hall–Kier alpha value is -2.39. The molecule has 1 atom stereocenters. The summed E-state index contributed by atoms with van der Waals surface area (Å²) in [5.41, 5.74) is 1.35. The Morgan fingerprint density at radius 3 is 2.73 bits per heavy atom. The maximum atomic E-state index is 12.8. The molecule has 2 aliphatic heterocycles. The maximum absolute atomic E-state index is 12.8. The number of nitrogens with one attached hydrogen (secondary N) is 1. The molecular weight excluding hydrogens is 400 g/mol. The zero-order valence-electron chi connectivity index (χ0n) is 17.3. The van der Waals surface area contributed by atoms with E-state index in [1.165, 1.54) is 17.8 Å². The average molecular weight is 429 g/mol. The molecule has 30 heavy (non-hydrogen) atoms. The third-order valence-electron chi connectivity index (χ3n) is 5.79. The van der Waals surface area contributed by atoms with E-state index in [-0.39, 0.29) is 17.7 Å². The number of piperidine rings is 2. The number of carbonyl (C=O) groups excluding carboxylic acids is 2. The molecule has 0 aliphatic carbocycles. The van der Waals surface area contributed by atoms with Crippen molar-refractivity contribution in [1.82, 2.24) is 24.8 Å². The molecule has 0 unspecified atom stereocenters. The van der Waals surface area contributed by atoms with Gasteiger partial charge in [0.1, 0.15) is 5.82 Å². The zero-order chi connectivity index (χ0) is 20.9. The van der Waals surface area contributed by atoms with Crippen LogP contribution in [0.1, 0.15) is 59.9 Å². The molecule has 2 aromatic heterocycles. The van der Waals surface area contributed by atoms with Crippen LogP contribution in [0, 0.1) is 6.92 Å². The number of anilines is 1. The van der Waals surface area contributed by atoms with E-state index in [0.29, 0.717) is 17.2 Å². The molecule has 0 bridgehead atoms. The Kier molecular flexibility index (Phi) is 6.69. The van der Waals surface area contributed by atoms with Gasteiger partial charge in [0, 0.05) is 43.3 Å². The summed E-state index contributed by atoms with van der Waals surface area (Å²) in [5, 5.41) is 5.30. The molecule has 160 valence electrons. The van der Waals surface area contributed by atoms with Crippen molar-refractivity contribution >= 4 is 28.3 Å². The van der Waals surface area contributed by atoms with E-state index >= 15 is 0 Å². The number of likely N-dealkylation sites (tertiary alicyclic amines) is 2. The Morgan fingerprint density at radius 1 is 1.17 bits per heavy atom. The number of hydrogen-bond acceptors (Lipinski definition) is 7. The van der Waals surface area contributed by atoms with Crippen molar-refractivity contribution in [1.29, 1.82) is 0 Å². The summed E-state index contributed by atoms with van der Waals surface area (Å²) in [6, 6.07) is 0. The first-order valence-corrected chi connectivity index (χ1v) is 11.5. The van der Waals surface area contributed by atoms with Crippen molar-refractivity contribution in [3.63, 3.8) is 0 Å². The number of hydrogen-bond donors (Lipinski definition) is 1. The van der Waals surface area contributed by atoms with Gasteiger partial charge in [-0.15, -0.1) is 11.3 Å². The fourth-order valence-corrected chi connectivity index (χ4v) is 4.76. The lowest BCUT2D eigenvalue weighted by Gasteiger charge is -2.31. The predicted molar refractivity (Wildman–Crippen MR) is 116 cm³/mol. The fourth-order valence-electron chi connectivity index (χ4n) is 4.22. The second kappa shape index (κ2) is 9.61. The molecule has 4 heterocycles. The van der Waals surface area contributed by atoms with E-state index in [0.717, 1.165) is 63.4 Å². The van der Waals surface area contributed by atoms with Crippen LogP contribution in [0.15, 0.2) is 17.8 Å². The number of carbonyl (C=O) groups is 2. The highest BCUT2D eigenvalue weighted by Crippen LogP contribution is 2.25.